The van der Waals surface area contributed by atoms with Crippen molar-refractivity contribution in [3.05, 3.63) is 29.3 Å². The summed E-state index contributed by atoms with van der Waals surface area (Å²) < 4.78 is 4.44. The van der Waals surface area contributed by atoms with E-state index in [-0.39, 0.29) is 5.91 Å². The Kier molecular flexibility index (Phi) is 5.45. The summed E-state index contributed by atoms with van der Waals surface area (Å²) in [6, 6.07) is 6.92. The van der Waals surface area contributed by atoms with Crippen molar-refractivity contribution < 1.29 is 14.3 Å². The molecule has 0 saturated carbocycles. The second kappa shape index (κ2) is 6.86. The summed E-state index contributed by atoms with van der Waals surface area (Å²) in [5.41, 5.74) is 0.735. The van der Waals surface area contributed by atoms with Crippen LogP contribution in [0.2, 0.25) is 5.02 Å². The number of alkyl carbamates (subject to hydrolysis) is 1. The summed E-state index contributed by atoms with van der Waals surface area (Å²) in [4.78, 5) is 24.0. The van der Waals surface area contributed by atoms with Crippen LogP contribution >= 0.6 is 11.6 Å². The maximum absolute atomic E-state index is 11.5. The van der Waals surface area contributed by atoms with E-state index in [1.807, 2.05) is 0 Å². The molecule has 0 saturated heterocycles. The molecule has 0 unspecified atom stereocenters. The molecule has 1 N–H and O–H groups in total. The van der Waals surface area contributed by atoms with Gasteiger partial charge in [0.25, 0.3) is 0 Å². The van der Waals surface area contributed by atoms with E-state index in [0.717, 1.165) is 5.69 Å². The van der Waals surface area contributed by atoms with Crippen molar-refractivity contribution in [1.82, 2.24) is 5.32 Å². The lowest BCUT2D eigenvalue weighted by Gasteiger charge is -2.21. The Balaban J connectivity index is 2.63. The number of amides is 2. The fourth-order valence-corrected chi connectivity index (χ4v) is 1.56. The molecule has 0 radical (unpaired) electrons. The minimum Gasteiger partial charge on any atom is -0.453 e. The number of ether oxygens (including phenoxy) is 1. The largest absolute Gasteiger partial charge is 0.453 e. The highest BCUT2D eigenvalue weighted by molar-refractivity contribution is 6.30. The minimum absolute atomic E-state index is 0.107. The molecule has 1 rings (SSSR count). The summed E-state index contributed by atoms with van der Waals surface area (Å²) in [5, 5.41) is 3.12. The molecule has 0 aromatic heterocycles. The van der Waals surface area contributed by atoms with Crippen LogP contribution in [0.3, 0.4) is 0 Å². The average Bonchev–Trinajstić information content (AvgIpc) is 2.35. The summed E-state index contributed by atoms with van der Waals surface area (Å²) in [5.74, 6) is -0.107. The van der Waals surface area contributed by atoms with Crippen molar-refractivity contribution in [2.75, 3.05) is 25.1 Å². The first-order valence-corrected chi connectivity index (χ1v) is 5.78. The zero-order chi connectivity index (χ0) is 13.5. The highest BCUT2D eigenvalue weighted by Gasteiger charge is 2.11. The van der Waals surface area contributed by atoms with Crippen LogP contribution < -0.4 is 10.2 Å². The highest BCUT2D eigenvalue weighted by atomic mass is 35.5. The molecule has 0 aliphatic heterocycles. The Bertz CT molecular complexity index is 420. The zero-order valence-electron chi connectivity index (χ0n) is 10.3. The third kappa shape index (κ3) is 4.25. The molecule has 98 valence electrons. The molecule has 0 aliphatic carbocycles. The number of methoxy groups -OCH3 is 1. The van der Waals surface area contributed by atoms with E-state index in [2.05, 4.69) is 10.1 Å². The van der Waals surface area contributed by atoms with Gasteiger partial charge in [-0.1, -0.05) is 11.6 Å². The topological polar surface area (TPSA) is 58.6 Å². The summed E-state index contributed by atoms with van der Waals surface area (Å²) in [6.07, 6.45) is -0.519. The fourth-order valence-electron chi connectivity index (χ4n) is 1.43. The number of hydrogen-bond donors (Lipinski definition) is 1. The van der Waals surface area contributed by atoms with Gasteiger partial charge in [-0.2, -0.15) is 0 Å². The molecule has 1 aromatic carbocycles. The SMILES string of the molecule is COC(=O)NCCN(C(C)=O)c1ccc(Cl)cc1. The van der Waals surface area contributed by atoms with E-state index in [4.69, 9.17) is 11.6 Å². The van der Waals surface area contributed by atoms with Crippen LogP contribution in [0.25, 0.3) is 0 Å². The van der Waals surface area contributed by atoms with Crippen molar-refractivity contribution in [3.63, 3.8) is 0 Å². The van der Waals surface area contributed by atoms with Crippen LogP contribution in [0.15, 0.2) is 24.3 Å². The van der Waals surface area contributed by atoms with Crippen LogP contribution in [-0.4, -0.2) is 32.2 Å². The number of nitrogens with zero attached hydrogens (tertiary/aromatic N) is 1. The Morgan fingerprint density at radius 2 is 1.94 bits per heavy atom. The molecule has 0 bridgehead atoms. The van der Waals surface area contributed by atoms with Gasteiger partial charge in [0.05, 0.1) is 7.11 Å². The van der Waals surface area contributed by atoms with Crippen LogP contribution in [0, 0.1) is 0 Å². The van der Waals surface area contributed by atoms with Gasteiger partial charge in [0.15, 0.2) is 0 Å². The standard InChI is InChI=1S/C12H15ClN2O3/c1-9(16)15(8-7-14-12(17)18-2)11-5-3-10(13)4-6-11/h3-6H,7-8H2,1-2H3,(H,14,17). The second-order valence-electron chi connectivity index (χ2n) is 3.57. The molecule has 2 amide bonds. The number of rotatable bonds is 4. The third-order valence-corrected chi connectivity index (χ3v) is 2.56. The van der Waals surface area contributed by atoms with Gasteiger partial charge in [-0.25, -0.2) is 4.79 Å². The number of anilines is 1. The van der Waals surface area contributed by atoms with E-state index in [1.54, 1.807) is 29.2 Å². The predicted molar refractivity (Wildman–Crippen MR) is 69.9 cm³/mol. The van der Waals surface area contributed by atoms with E-state index < -0.39 is 6.09 Å². The molecule has 0 heterocycles. The lowest BCUT2D eigenvalue weighted by atomic mass is 10.3. The number of carbonyl (C=O) groups is 2. The molecule has 1 aromatic rings. The predicted octanol–water partition coefficient (Wildman–Crippen LogP) is 2.05. The van der Waals surface area contributed by atoms with Crippen molar-refractivity contribution in [3.8, 4) is 0 Å². The number of carbonyl (C=O) groups excluding carboxylic acids is 2. The molecule has 0 fully saturated rings. The molecule has 0 aliphatic rings. The Morgan fingerprint density at radius 3 is 2.44 bits per heavy atom. The van der Waals surface area contributed by atoms with Crippen LogP contribution in [0.1, 0.15) is 6.92 Å². The monoisotopic (exact) mass is 270 g/mol. The molecule has 0 atom stereocenters. The van der Waals surface area contributed by atoms with Gasteiger partial charge in [-0.3, -0.25) is 4.79 Å². The normalized spacial score (nSPS) is 9.72. The van der Waals surface area contributed by atoms with Gasteiger partial charge in [-0.15, -0.1) is 0 Å². The van der Waals surface area contributed by atoms with E-state index in [1.165, 1.54) is 14.0 Å². The van der Waals surface area contributed by atoms with E-state index >= 15 is 0 Å². The van der Waals surface area contributed by atoms with Crippen molar-refractivity contribution in [1.29, 1.82) is 0 Å². The maximum atomic E-state index is 11.5. The summed E-state index contributed by atoms with van der Waals surface area (Å²) >= 11 is 5.78. The third-order valence-electron chi connectivity index (χ3n) is 2.31. The quantitative estimate of drug-likeness (QED) is 0.911. The Morgan fingerprint density at radius 1 is 1.33 bits per heavy atom. The molecule has 0 spiro atoms. The number of halogens is 1. The van der Waals surface area contributed by atoms with Gasteiger partial charge < -0.3 is 15.0 Å². The Labute approximate surface area is 111 Å². The van der Waals surface area contributed by atoms with Crippen LogP contribution in [-0.2, 0) is 9.53 Å². The van der Waals surface area contributed by atoms with Crippen molar-refractivity contribution >= 4 is 29.3 Å². The minimum atomic E-state index is -0.519. The number of benzene rings is 1. The first-order chi connectivity index (χ1) is 8.54. The number of nitrogens with one attached hydrogen (secondary N) is 1. The lowest BCUT2D eigenvalue weighted by Crippen LogP contribution is -2.37. The van der Waals surface area contributed by atoms with Gasteiger partial charge in [0, 0.05) is 30.7 Å². The van der Waals surface area contributed by atoms with Gasteiger partial charge in [-0.05, 0) is 24.3 Å². The van der Waals surface area contributed by atoms with Gasteiger partial charge in [0.1, 0.15) is 0 Å². The summed E-state index contributed by atoms with van der Waals surface area (Å²) in [7, 11) is 1.29. The zero-order valence-corrected chi connectivity index (χ0v) is 11.0. The van der Waals surface area contributed by atoms with Gasteiger partial charge in [0.2, 0.25) is 5.91 Å². The van der Waals surface area contributed by atoms with E-state index in [9.17, 15) is 9.59 Å². The molecule has 5 nitrogen and oxygen atoms in total. The first kappa shape index (κ1) is 14.3. The molecule has 6 heteroatoms. The van der Waals surface area contributed by atoms with Crippen LogP contribution in [0.4, 0.5) is 10.5 Å². The average molecular weight is 271 g/mol. The van der Waals surface area contributed by atoms with Crippen molar-refractivity contribution in [2.24, 2.45) is 0 Å². The maximum Gasteiger partial charge on any atom is 0.406 e. The summed E-state index contributed by atoms with van der Waals surface area (Å²) in [6.45, 7) is 2.15. The Hall–Kier alpha value is -1.75. The number of hydrogen-bond acceptors (Lipinski definition) is 3. The molecular weight excluding hydrogens is 256 g/mol. The molecule has 18 heavy (non-hydrogen) atoms. The van der Waals surface area contributed by atoms with Gasteiger partial charge >= 0.3 is 6.09 Å². The second-order valence-corrected chi connectivity index (χ2v) is 4.00. The molecular formula is C12H15ClN2O3. The van der Waals surface area contributed by atoms with E-state index in [0.29, 0.717) is 18.1 Å². The van der Waals surface area contributed by atoms with Crippen LogP contribution in [0.5, 0.6) is 0 Å². The fraction of sp³-hybridized carbons (Fsp3) is 0.333. The highest BCUT2D eigenvalue weighted by Crippen LogP contribution is 2.17. The lowest BCUT2D eigenvalue weighted by molar-refractivity contribution is -0.116. The van der Waals surface area contributed by atoms with Crippen molar-refractivity contribution in [2.45, 2.75) is 6.92 Å². The smallest absolute Gasteiger partial charge is 0.406 e. The first-order valence-electron chi connectivity index (χ1n) is 5.40.